The van der Waals surface area contributed by atoms with Crippen LogP contribution in [0.3, 0.4) is 0 Å². The van der Waals surface area contributed by atoms with E-state index < -0.39 is 12.1 Å². The Morgan fingerprint density at radius 2 is 0.754 bits per heavy atom. The molecule has 0 fully saturated rings. The van der Waals surface area contributed by atoms with E-state index >= 15 is 0 Å². The van der Waals surface area contributed by atoms with Crippen LogP contribution in [-0.4, -0.2) is 34.9 Å². The van der Waals surface area contributed by atoms with E-state index in [0.29, 0.717) is 6.42 Å². The van der Waals surface area contributed by atoms with Crippen LogP contribution in [0.25, 0.3) is 0 Å². The Morgan fingerprint density at radius 3 is 1.18 bits per heavy atom. The predicted molar refractivity (Wildman–Crippen MR) is 253 cm³/mol. The van der Waals surface area contributed by atoms with E-state index in [1.807, 2.05) is 6.08 Å². The number of allylic oxidation sites excluding steroid dienone is 9. The molecule has 1 amide bonds. The molecule has 0 spiro atoms. The summed E-state index contributed by atoms with van der Waals surface area (Å²) in [6, 6.07) is -0.644. The van der Waals surface area contributed by atoms with Crippen molar-refractivity contribution in [2.45, 2.75) is 264 Å². The molecule has 0 heterocycles. The van der Waals surface area contributed by atoms with Crippen LogP contribution in [0, 0.1) is 0 Å². The van der Waals surface area contributed by atoms with E-state index in [2.05, 4.69) is 67.8 Å². The van der Waals surface area contributed by atoms with Crippen LogP contribution in [0.5, 0.6) is 0 Å². The third-order valence-electron chi connectivity index (χ3n) is 11.2. The van der Waals surface area contributed by atoms with Gasteiger partial charge < -0.3 is 15.5 Å². The van der Waals surface area contributed by atoms with Crippen molar-refractivity contribution in [2.24, 2.45) is 0 Å². The lowest BCUT2D eigenvalue weighted by Gasteiger charge is -2.19. The Kier molecular flexibility index (Phi) is 46.8. The summed E-state index contributed by atoms with van der Waals surface area (Å²) >= 11 is 0. The summed E-state index contributed by atoms with van der Waals surface area (Å²) < 4.78 is 0. The van der Waals surface area contributed by atoms with E-state index in [-0.39, 0.29) is 12.5 Å². The van der Waals surface area contributed by atoms with E-state index in [1.54, 1.807) is 6.08 Å². The van der Waals surface area contributed by atoms with E-state index in [0.717, 1.165) is 44.9 Å². The summed E-state index contributed by atoms with van der Waals surface area (Å²) in [6.07, 6.45) is 68.0. The number of hydrogen-bond donors (Lipinski definition) is 3. The van der Waals surface area contributed by atoms with Gasteiger partial charge in [-0.15, -0.1) is 0 Å². The van der Waals surface area contributed by atoms with Gasteiger partial charge in [0.1, 0.15) is 0 Å². The SMILES string of the molecule is CCCC/C=C/CC/C=C/CC/C=C/C(O)C(CO)NC(=O)CCCCCCCCCCCCCCCCCCCCCCC/C=C\C/C=C\CCCCCCC. The lowest BCUT2D eigenvalue weighted by Crippen LogP contribution is -2.45. The lowest BCUT2D eigenvalue weighted by molar-refractivity contribution is -0.123. The fourth-order valence-electron chi connectivity index (χ4n) is 7.34. The molecule has 0 saturated heterocycles. The zero-order chi connectivity index (χ0) is 41.4. The summed E-state index contributed by atoms with van der Waals surface area (Å²) in [5, 5.41) is 22.9. The molecule has 2 atom stereocenters. The number of amides is 1. The van der Waals surface area contributed by atoms with Crippen LogP contribution in [0.2, 0.25) is 0 Å². The molecule has 0 aliphatic carbocycles. The minimum atomic E-state index is -0.869. The van der Waals surface area contributed by atoms with E-state index in [4.69, 9.17) is 0 Å². The number of unbranched alkanes of at least 4 members (excludes halogenated alkanes) is 30. The number of aliphatic hydroxyl groups excluding tert-OH is 2. The highest BCUT2D eigenvalue weighted by Crippen LogP contribution is 2.16. The normalized spacial score (nSPS) is 13.4. The second kappa shape index (κ2) is 48.5. The van der Waals surface area contributed by atoms with Crippen LogP contribution in [0.4, 0.5) is 0 Å². The van der Waals surface area contributed by atoms with E-state index in [1.165, 1.54) is 186 Å². The van der Waals surface area contributed by atoms with Gasteiger partial charge in [0.2, 0.25) is 5.91 Å². The number of carbonyl (C=O) groups is 1. The molecule has 0 saturated carbocycles. The maximum Gasteiger partial charge on any atom is 0.220 e. The van der Waals surface area contributed by atoms with E-state index in [9.17, 15) is 15.0 Å². The molecule has 0 radical (unpaired) electrons. The van der Waals surface area contributed by atoms with Crippen molar-refractivity contribution >= 4 is 5.91 Å². The van der Waals surface area contributed by atoms with Gasteiger partial charge in [0.05, 0.1) is 18.8 Å². The topological polar surface area (TPSA) is 69.6 Å². The number of carbonyl (C=O) groups excluding carboxylic acids is 1. The maximum absolute atomic E-state index is 12.4. The lowest BCUT2D eigenvalue weighted by atomic mass is 10.0. The third kappa shape index (κ3) is 45.0. The van der Waals surface area contributed by atoms with Gasteiger partial charge in [0.15, 0.2) is 0 Å². The molecule has 4 heteroatoms. The van der Waals surface area contributed by atoms with Crippen molar-refractivity contribution in [3.63, 3.8) is 0 Å². The molecule has 0 aliphatic rings. The molecular formula is C53H97NO3. The minimum Gasteiger partial charge on any atom is -0.394 e. The number of aliphatic hydroxyl groups is 2. The molecule has 0 aliphatic heterocycles. The molecular weight excluding hydrogens is 699 g/mol. The zero-order valence-corrected chi connectivity index (χ0v) is 38.1. The van der Waals surface area contributed by atoms with Crippen molar-refractivity contribution in [1.82, 2.24) is 5.32 Å². The van der Waals surface area contributed by atoms with Gasteiger partial charge in [-0.05, 0) is 70.6 Å². The highest BCUT2D eigenvalue weighted by atomic mass is 16.3. The zero-order valence-electron chi connectivity index (χ0n) is 38.1. The first-order valence-corrected chi connectivity index (χ1v) is 25.0. The van der Waals surface area contributed by atoms with Crippen LogP contribution >= 0.6 is 0 Å². The van der Waals surface area contributed by atoms with Crippen LogP contribution < -0.4 is 5.32 Å². The van der Waals surface area contributed by atoms with Crippen LogP contribution in [0.1, 0.15) is 251 Å². The first kappa shape index (κ1) is 55.1. The Labute approximate surface area is 356 Å². The van der Waals surface area contributed by atoms with Gasteiger partial charge in [-0.25, -0.2) is 0 Å². The molecule has 4 nitrogen and oxygen atoms in total. The highest BCUT2D eigenvalue weighted by Gasteiger charge is 2.17. The van der Waals surface area contributed by atoms with Gasteiger partial charge in [-0.1, -0.05) is 235 Å². The first-order chi connectivity index (χ1) is 28.2. The van der Waals surface area contributed by atoms with Crippen molar-refractivity contribution in [3.05, 3.63) is 60.8 Å². The molecule has 0 aromatic heterocycles. The van der Waals surface area contributed by atoms with Gasteiger partial charge in [0.25, 0.3) is 0 Å². The standard InChI is InChI=1S/C53H97NO3/c1-3-5-7-9-11-13-15-17-18-19-20-21-22-23-24-25-26-27-28-29-30-31-32-33-34-35-36-37-39-41-43-45-47-49-53(57)54-51(50-55)52(56)48-46-44-42-40-38-16-14-12-10-8-6-4-2/h10,12,15,17,19-20,38,40,46,48,51-52,55-56H,3-9,11,13-14,16,18,21-37,39,41-45,47,49-50H2,1-2H3,(H,54,57)/b12-10+,17-15-,20-19-,40-38+,48-46+. The molecule has 0 aromatic carbocycles. The number of rotatable bonds is 45. The monoisotopic (exact) mass is 796 g/mol. The summed E-state index contributed by atoms with van der Waals surface area (Å²) in [7, 11) is 0. The molecule has 57 heavy (non-hydrogen) atoms. The van der Waals surface area contributed by atoms with Crippen LogP contribution in [-0.2, 0) is 4.79 Å². The largest absolute Gasteiger partial charge is 0.394 e. The quantitative estimate of drug-likeness (QED) is 0.0425. The maximum atomic E-state index is 12.4. The van der Waals surface area contributed by atoms with Crippen molar-refractivity contribution in [2.75, 3.05) is 6.61 Å². The second-order valence-electron chi connectivity index (χ2n) is 16.9. The molecule has 0 rings (SSSR count). The summed E-state index contributed by atoms with van der Waals surface area (Å²) in [6.45, 7) is 4.24. The van der Waals surface area contributed by atoms with Gasteiger partial charge >= 0.3 is 0 Å². The number of hydrogen-bond acceptors (Lipinski definition) is 3. The van der Waals surface area contributed by atoms with Gasteiger partial charge in [0, 0.05) is 6.42 Å². The summed E-state index contributed by atoms with van der Waals surface area (Å²) in [5.41, 5.74) is 0. The third-order valence-corrected chi connectivity index (χ3v) is 11.2. The summed E-state index contributed by atoms with van der Waals surface area (Å²) in [4.78, 5) is 12.4. The molecule has 2 unspecified atom stereocenters. The minimum absolute atomic E-state index is 0.0778. The average Bonchev–Trinajstić information content (AvgIpc) is 3.22. The Hall–Kier alpha value is -1.91. The predicted octanol–water partition coefficient (Wildman–Crippen LogP) is 16.1. The molecule has 0 aromatic rings. The van der Waals surface area contributed by atoms with Gasteiger partial charge in [-0.3, -0.25) is 4.79 Å². The van der Waals surface area contributed by atoms with Gasteiger partial charge in [-0.2, -0.15) is 0 Å². The number of nitrogens with one attached hydrogen (secondary N) is 1. The molecule has 332 valence electrons. The highest BCUT2D eigenvalue weighted by molar-refractivity contribution is 5.76. The average molecular weight is 796 g/mol. The Balaban J connectivity index is 3.45. The first-order valence-electron chi connectivity index (χ1n) is 25.0. The summed E-state index contributed by atoms with van der Waals surface area (Å²) in [5.74, 6) is -0.0778. The van der Waals surface area contributed by atoms with Crippen molar-refractivity contribution in [3.8, 4) is 0 Å². The Morgan fingerprint density at radius 1 is 0.421 bits per heavy atom. The second-order valence-corrected chi connectivity index (χ2v) is 16.9. The Bertz CT molecular complexity index is 950. The van der Waals surface area contributed by atoms with Crippen molar-refractivity contribution < 1.29 is 15.0 Å². The van der Waals surface area contributed by atoms with Crippen molar-refractivity contribution in [1.29, 1.82) is 0 Å². The molecule has 3 N–H and O–H groups in total. The van der Waals surface area contributed by atoms with Crippen LogP contribution in [0.15, 0.2) is 60.8 Å². The fourth-order valence-corrected chi connectivity index (χ4v) is 7.34. The molecule has 0 bridgehead atoms. The smallest absolute Gasteiger partial charge is 0.220 e. The fraction of sp³-hybridized carbons (Fsp3) is 0.792.